The molecule has 1 aromatic carbocycles. The van der Waals surface area contributed by atoms with Gasteiger partial charge in [-0.1, -0.05) is 0 Å². The van der Waals surface area contributed by atoms with Gasteiger partial charge in [-0.25, -0.2) is 0 Å². The largest absolute Gasteiger partial charge is 0.454 e. The minimum Gasteiger partial charge on any atom is -0.454 e. The van der Waals surface area contributed by atoms with Crippen molar-refractivity contribution in [1.82, 2.24) is 4.98 Å². The molecule has 2 aromatic rings. The molecule has 1 aromatic heterocycles. The third-order valence-electron chi connectivity index (χ3n) is 3.35. The average molecular weight is 324 g/mol. The lowest BCUT2D eigenvalue weighted by molar-refractivity contribution is -0.141. The SMILES string of the molecule is CN(C(=O)c1cccnc1C(F)(F)F)c1ccc2c(c1)OCO2. The van der Waals surface area contributed by atoms with Gasteiger partial charge in [0.2, 0.25) is 6.79 Å². The highest BCUT2D eigenvalue weighted by Gasteiger charge is 2.37. The van der Waals surface area contributed by atoms with E-state index in [9.17, 15) is 18.0 Å². The number of hydrogen-bond donors (Lipinski definition) is 0. The van der Waals surface area contributed by atoms with Crippen LogP contribution in [-0.4, -0.2) is 24.7 Å². The number of rotatable bonds is 2. The Kier molecular flexibility index (Phi) is 3.59. The van der Waals surface area contributed by atoms with Gasteiger partial charge in [-0.05, 0) is 24.3 Å². The summed E-state index contributed by atoms with van der Waals surface area (Å²) < 4.78 is 49.3. The lowest BCUT2D eigenvalue weighted by Gasteiger charge is -2.19. The van der Waals surface area contributed by atoms with Crippen LogP contribution in [0.5, 0.6) is 11.5 Å². The van der Waals surface area contributed by atoms with E-state index in [-0.39, 0.29) is 6.79 Å². The van der Waals surface area contributed by atoms with Crippen LogP contribution >= 0.6 is 0 Å². The number of fused-ring (bicyclic) bond motifs is 1. The maximum atomic E-state index is 13.0. The second-order valence-electron chi connectivity index (χ2n) is 4.80. The van der Waals surface area contributed by atoms with Crippen LogP contribution in [-0.2, 0) is 6.18 Å². The summed E-state index contributed by atoms with van der Waals surface area (Å²) in [5, 5.41) is 0. The summed E-state index contributed by atoms with van der Waals surface area (Å²) in [6.07, 6.45) is -3.71. The molecule has 0 saturated heterocycles. The summed E-state index contributed by atoms with van der Waals surface area (Å²) in [4.78, 5) is 16.8. The average Bonchev–Trinajstić information content (AvgIpc) is 3.00. The number of anilines is 1. The molecule has 120 valence electrons. The van der Waals surface area contributed by atoms with Gasteiger partial charge in [-0.15, -0.1) is 0 Å². The molecule has 1 amide bonds. The van der Waals surface area contributed by atoms with E-state index < -0.39 is 23.3 Å². The Morgan fingerprint density at radius 2 is 1.96 bits per heavy atom. The molecule has 8 heteroatoms. The minimum absolute atomic E-state index is 0.0667. The molecule has 0 saturated carbocycles. The first-order valence-electron chi connectivity index (χ1n) is 6.58. The molecule has 3 rings (SSSR count). The highest BCUT2D eigenvalue weighted by Crippen LogP contribution is 2.36. The van der Waals surface area contributed by atoms with Crippen molar-refractivity contribution in [3.63, 3.8) is 0 Å². The Balaban J connectivity index is 1.95. The number of benzene rings is 1. The number of hydrogen-bond acceptors (Lipinski definition) is 4. The van der Waals surface area contributed by atoms with Crippen molar-refractivity contribution < 1.29 is 27.4 Å². The molecule has 0 radical (unpaired) electrons. The first-order valence-corrected chi connectivity index (χ1v) is 6.58. The Bertz CT molecular complexity index is 762. The van der Waals surface area contributed by atoms with Crippen molar-refractivity contribution >= 4 is 11.6 Å². The number of halogens is 3. The second kappa shape index (κ2) is 5.45. The van der Waals surface area contributed by atoms with E-state index in [1.165, 1.54) is 19.2 Å². The summed E-state index contributed by atoms with van der Waals surface area (Å²) in [7, 11) is 1.38. The van der Waals surface area contributed by atoms with Gasteiger partial charge in [0.15, 0.2) is 17.2 Å². The van der Waals surface area contributed by atoms with Crippen LogP contribution in [0.3, 0.4) is 0 Å². The third-order valence-corrected chi connectivity index (χ3v) is 3.35. The van der Waals surface area contributed by atoms with Crippen molar-refractivity contribution in [1.29, 1.82) is 0 Å². The fourth-order valence-electron chi connectivity index (χ4n) is 2.20. The summed E-state index contributed by atoms with van der Waals surface area (Å²) in [6, 6.07) is 7.08. The smallest absolute Gasteiger partial charge is 0.434 e. The predicted molar refractivity (Wildman–Crippen MR) is 74.5 cm³/mol. The molecule has 1 aliphatic rings. The predicted octanol–water partition coefficient (Wildman–Crippen LogP) is 3.11. The quantitative estimate of drug-likeness (QED) is 0.852. The number of nitrogens with zero attached hydrogens (tertiary/aromatic N) is 2. The number of carbonyl (C=O) groups excluding carboxylic acids is 1. The van der Waals surface area contributed by atoms with Crippen molar-refractivity contribution in [3.8, 4) is 11.5 Å². The van der Waals surface area contributed by atoms with Crippen LogP contribution in [0.25, 0.3) is 0 Å². The Morgan fingerprint density at radius 1 is 1.22 bits per heavy atom. The molecular formula is C15H11F3N2O3. The first kappa shape index (κ1) is 15.1. The van der Waals surface area contributed by atoms with Crippen LogP contribution in [0, 0.1) is 0 Å². The molecule has 0 bridgehead atoms. The van der Waals surface area contributed by atoms with Gasteiger partial charge in [-0.2, -0.15) is 13.2 Å². The molecular weight excluding hydrogens is 313 g/mol. The molecule has 0 spiro atoms. The summed E-state index contributed by atoms with van der Waals surface area (Å²) >= 11 is 0. The van der Waals surface area contributed by atoms with E-state index in [2.05, 4.69) is 4.98 Å². The lowest BCUT2D eigenvalue weighted by Crippen LogP contribution is -2.29. The zero-order valence-corrected chi connectivity index (χ0v) is 11.9. The number of ether oxygens (including phenoxy) is 2. The third kappa shape index (κ3) is 2.79. The molecule has 0 unspecified atom stereocenters. The standard InChI is InChI=1S/C15H11F3N2O3/c1-20(9-4-5-11-12(7-9)23-8-22-11)14(21)10-3-2-6-19-13(10)15(16,17)18/h2-7H,8H2,1H3. The second-order valence-corrected chi connectivity index (χ2v) is 4.80. The molecule has 5 nitrogen and oxygen atoms in total. The molecule has 0 atom stereocenters. The van der Waals surface area contributed by atoms with Gasteiger partial charge in [0.25, 0.3) is 5.91 Å². The molecule has 1 aliphatic heterocycles. The molecule has 0 fully saturated rings. The highest BCUT2D eigenvalue weighted by atomic mass is 19.4. The Hall–Kier alpha value is -2.77. The van der Waals surface area contributed by atoms with Gasteiger partial charge >= 0.3 is 6.18 Å². The van der Waals surface area contributed by atoms with Crippen LogP contribution in [0.1, 0.15) is 16.1 Å². The van der Waals surface area contributed by atoms with Crippen molar-refractivity contribution in [2.45, 2.75) is 6.18 Å². The number of aromatic nitrogens is 1. The van der Waals surface area contributed by atoms with Crippen LogP contribution in [0.4, 0.5) is 18.9 Å². The van der Waals surface area contributed by atoms with E-state index >= 15 is 0 Å². The molecule has 0 N–H and O–H groups in total. The van der Waals surface area contributed by atoms with E-state index in [0.717, 1.165) is 17.2 Å². The van der Waals surface area contributed by atoms with E-state index in [1.54, 1.807) is 12.1 Å². The lowest BCUT2D eigenvalue weighted by atomic mass is 10.1. The molecule has 0 aliphatic carbocycles. The summed E-state index contributed by atoms with van der Waals surface area (Å²) in [5.74, 6) is 0.139. The van der Waals surface area contributed by atoms with E-state index in [0.29, 0.717) is 17.2 Å². The highest BCUT2D eigenvalue weighted by molar-refractivity contribution is 6.06. The van der Waals surface area contributed by atoms with Crippen molar-refractivity contribution in [3.05, 3.63) is 47.8 Å². The monoisotopic (exact) mass is 324 g/mol. The van der Waals surface area contributed by atoms with Crippen molar-refractivity contribution in [2.24, 2.45) is 0 Å². The van der Waals surface area contributed by atoms with E-state index in [1.807, 2.05) is 0 Å². The zero-order valence-electron chi connectivity index (χ0n) is 11.9. The van der Waals surface area contributed by atoms with Crippen LogP contribution in [0.15, 0.2) is 36.5 Å². The van der Waals surface area contributed by atoms with Crippen LogP contribution < -0.4 is 14.4 Å². The first-order chi connectivity index (χ1) is 10.9. The van der Waals surface area contributed by atoms with Gasteiger partial charge in [0.05, 0.1) is 5.56 Å². The maximum Gasteiger partial charge on any atom is 0.434 e. The summed E-state index contributed by atoms with van der Waals surface area (Å²) in [5.41, 5.74) is -1.34. The summed E-state index contributed by atoms with van der Waals surface area (Å²) in [6.45, 7) is 0.0667. The number of alkyl halides is 3. The fraction of sp³-hybridized carbons (Fsp3) is 0.200. The van der Waals surface area contributed by atoms with Gasteiger partial charge < -0.3 is 14.4 Å². The van der Waals surface area contributed by atoms with Gasteiger partial charge in [0, 0.05) is 25.0 Å². The molecule has 23 heavy (non-hydrogen) atoms. The van der Waals surface area contributed by atoms with Gasteiger partial charge in [-0.3, -0.25) is 9.78 Å². The maximum absolute atomic E-state index is 13.0. The molecule has 2 heterocycles. The van der Waals surface area contributed by atoms with Gasteiger partial charge in [0.1, 0.15) is 0 Å². The fourth-order valence-corrected chi connectivity index (χ4v) is 2.20. The Labute approximate surface area is 129 Å². The van der Waals surface area contributed by atoms with Crippen LogP contribution in [0.2, 0.25) is 0 Å². The number of amides is 1. The van der Waals surface area contributed by atoms with Crippen molar-refractivity contribution in [2.75, 3.05) is 18.7 Å². The minimum atomic E-state index is -4.71. The zero-order chi connectivity index (χ0) is 16.6. The normalized spacial score (nSPS) is 13.0. The topological polar surface area (TPSA) is 51.7 Å². The number of pyridine rings is 1. The van der Waals surface area contributed by atoms with E-state index in [4.69, 9.17) is 9.47 Å². The number of carbonyl (C=O) groups is 1. The Morgan fingerprint density at radius 3 is 2.70 bits per heavy atom.